The lowest BCUT2D eigenvalue weighted by Gasteiger charge is -2.31. The Bertz CT molecular complexity index is 1050. The summed E-state index contributed by atoms with van der Waals surface area (Å²) in [5.74, 6) is 0.0291. The number of aromatic nitrogens is 1. The zero-order valence-corrected chi connectivity index (χ0v) is 15.5. The zero-order chi connectivity index (χ0) is 19.3. The Labute approximate surface area is 161 Å². The van der Waals surface area contributed by atoms with Crippen LogP contribution in [0.1, 0.15) is 12.5 Å². The monoisotopic (exact) mass is 379 g/mol. The van der Waals surface area contributed by atoms with Gasteiger partial charge in [-0.1, -0.05) is 12.1 Å². The molecule has 5 rings (SSSR count). The number of nitrogens with two attached hydrogens (primary N) is 1. The standard InChI is InChI=1S/C20H21N5O3/c1-12-18(19(26)24-6-8-27-9-7-24)25-11-14(3-5-17(25)22-12)13-2-4-16-15(10-13)23-20(21)28-16/h2-5,10-11,17,22H,6-9H2,1H3,(H2,21,23). The molecular weight excluding hydrogens is 358 g/mol. The van der Waals surface area contributed by atoms with Gasteiger partial charge < -0.3 is 30.0 Å². The summed E-state index contributed by atoms with van der Waals surface area (Å²) in [5, 5.41) is 3.38. The van der Waals surface area contributed by atoms with Crippen LogP contribution in [0.25, 0.3) is 16.7 Å². The van der Waals surface area contributed by atoms with E-state index in [1.807, 2.05) is 47.2 Å². The van der Waals surface area contributed by atoms with Gasteiger partial charge in [-0.2, -0.15) is 4.98 Å². The summed E-state index contributed by atoms with van der Waals surface area (Å²) < 4.78 is 10.7. The van der Waals surface area contributed by atoms with Crippen molar-refractivity contribution in [3.05, 3.63) is 53.5 Å². The highest BCUT2D eigenvalue weighted by molar-refractivity contribution is 5.95. The first-order chi connectivity index (χ1) is 13.6. The molecule has 144 valence electrons. The SMILES string of the molecule is CC1=C(C(=O)N2CCOCC2)N2C=C(c3ccc4oc(N)nc4c3)C=CC2N1. The summed E-state index contributed by atoms with van der Waals surface area (Å²) in [4.78, 5) is 21.2. The Kier molecular flexibility index (Phi) is 3.87. The van der Waals surface area contributed by atoms with Gasteiger partial charge in [-0.15, -0.1) is 0 Å². The highest BCUT2D eigenvalue weighted by Gasteiger charge is 2.35. The van der Waals surface area contributed by atoms with E-state index < -0.39 is 0 Å². The number of amides is 1. The average Bonchev–Trinajstić information content (AvgIpc) is 3.24. The van der Waals surface area contributed by atoms with Gasteiger partial charge in [-0.25, -0.2) is 0 Å². The molecule has 1 fully saturated rings. The van der Waals surface area contributed by atoms with Crippen molar-refractivity contribution < 1.29 is 13.9 Å². The first-order valence-corrected chi connectivity index (χ1v) is 9.29. The van der Waals surface area contributed by atoms with Crippen molar-refractivity contribution in [3.63, 3.8) is 0 Å². The molecule has 3 aliphatic heterocycles. The maximum absolute atomic E-state index is 13.1. The molecule has 1 atom stereocenters. The normalized spacial score (nSPS) is 21.8. The largest absolute Gasteiger partial charge is 0.424 e. The van der Waals surface area contributed by atoms with Gasteiger partial charge in [-0.3, -0.25) is 4.79 Å². The van der Waals surface area contributed by atoms with E-state index in [0.29, 0.717) is 43.1 Å². The van der Waals surface area contributed by atoms with Gasteiger partial charge in [0.15, 0.2) is 5.58 Å². The number of rotatable bonds is 2. The van der Waals surface area contributed by atoms with Crippen LogP contribution in [0.2, 0.25) is 0 Å². The Morgan fingerprint density at radius 2 is 2.14 bits per heavy atom. The summed E-state index contributed by atoms with van der Waals surface area (Å²) in [6.45, 7) is 4.33. The van der Waals surface area contributed by atoms with Crippen LogP contribution in [-0.2, 0) is 9.53 Å². The minimum Gasteiger partial charge on any atom is -0.424 e. The fourth-order valence-electron chi connectivity index (χ4n) is 3.85. The summed E-state index contributed by atoms with van der Waals surface area (Å²) >= 11 is 0. The van der Waals surface area contributed by atoms with Gasteiger partial charge in [0.25, 0.3) is 11.9 Å². The molecule has 3 N–H and O–H groups in total. The summed E-state index contributed by atoms with van der Waals surface area (Å²) in [7, 11) is 0. The maximum atomic E-state index is 13.1. The summed E-state index contributed by atoms with van der Waals surface area (Å²) in [6.07, 6.45) is 6.05. The van der Waals surface area contributed by atoms with Crippen molar-refractivity contribution in [2.24, 2.45) is 0 Å². The highest BCUT2D eigenvalue weighted by atomic mass is 16.5. The van der Waals surface area contributed by atoms with Crippen molar-refractivity contribution in [3.8, 4) is 0 Å². The van der Waals surface area contributed by atoms with Gasteiger partial charge in [0.05, 0.1) is 13.2 Å². The molecule has 0 radical (unpaired) electrons. The van der Waals surface area contributed by atoms with Crippen molar-refractivity contribution in [1.29, 1.82) is 0 Å². The number of morpholine rings is 1. The number of hydrogen-bond acceptors (Lipinski definition) is 7. The zero-order valence-electron chi connectivity index (χ0n) is 15.5. The van der Waals surface area contributed by atoms with E-state index in [4.69, 9.17) is 14.9 Å². The van der Waals surface area contributed by atoms with Crippen molar-refractivity contribution >= 4 is 28.6 Å². The molecule has 0 aliphatic carbocycles. The lowest BCUT2D eigenvalue weighted by Crippen LogP contribution is -2.44. The Balaban J connectivity index is 1.47. The third-order valence-electron chi connectivity index (χ3n) is 5.25. The molecule has 0 spiro atoms. The van der Waals surface area contributed by atoms with Gasteiger partial charge in [0.2, 0.25) is 0 Å². The van der Waals surface area contributed by atoms with Gasteiger partial charge >= 0.3 is 0 Å². The van der Waals surface area contributed by atoms with Crippen LogP contribution in [0.15, 0.2) is 52.4 Å². The number of carbonyl (C=O) groups is 1. The number of ether oxygens (including phenoxy) is 1. The molecule has 0 saturated carbocycles. The second kappa shape index (κ2) is 6.42. The van der Waals surface area contributed by atoms with E-state index >= 15 is 0 Å². The third-order valence-corrected chi connectivity index (χ3v) is 5.25. The van der Waals surface area contributed by atoms with Crippen LogP contribution in [0, 0.1) is 0 Å². The molecular formula is C20H21N5O3. The molecule has 1 amide bonds. The first-order valence-electron chi connectivity index (χ1n) is 9.29. The van der Waals surface area contributed by atoms with Gasteiger partial charge in [-0.05, 0) is 36.3 Å². The Hall–Kier alpha value is -3.26. The van der Waals surface area contributed by atoms with Gasteiger partial charge in [0.1, 0.15) is 17.4 Å². The van der Waals surface area contributed by atoms with Crippen molar-refractivity contribution in [1.82, 2.24) is 20.1 Å². The van der Waals surface area contributed by atoms with Crippen LogP contribution in [0.4, 0.5) is 6.01 Å². The average molecular weight is 379 g/mol. The number of nitrogens with one attached hydrogen (secondary N) is 1. The number of nitrogen functional groups attached to an aromatic ring is 1. The molecule has 8 heteroatoms. The minimum atomic E-state index is -0.0600. The van der Waals surface area contributed by atoms with Crippen LogP contribution >= 0.6 is 0 Å². The van der Waals surface area contributed by atoms with E-state index in [1.165, 1.54) is 0 Å². The maximum Gasteiger partial charge on any atom is 0.292 e. The van der Waals surface area contributed by atoms with Crippen LogP contribution in [0.5, 0.6) is 0 Å². The number of allylic oxidation sites excluding steroid dienone is 3. The molecule has 4 heterocycles. The Morgan fingerprint density at radius 1 is 1.32 bits per heavy atom. The second-order valence-corrected chi connectivity index (χ2v) is 7.05. The summed E-state index contributed by atoms with van der Waals surface area (Å²) in [6, 6.07) is 5.92. The third kappa shape index (κ3) is 2.73. The Morgan fingerprint density at radius 3 is 2.96 bits per heavy atom. The number of hydrogen-bond donors (Lipinski definition) is 2. The summed E-state index contributed by atoms with van der Waals surface area (Å²) in [5.41, 5.74) is 10.5. The molecule has 1 aromatic heterocycles. The minimum absolute atomic E-state index is 0.0291. The molecule has 0 bridgehead atoms. The lowest BCUT2D eigenvalue weighted by molar-refractivity contribution is -0.132. The van der Waals surface area contributed by atoms with E-state index in [0.717, 1.165) is 16.8 Å². The number of anilines is 1. The second-order valence-electron chi connectivity index (χ2n) is 7.05. The number of oxazole rings is 1. The lowest BCUT2D eigenvalue weighted by atomic mass is 10.0. The van der Waals surface area contributed by atoms with Crippen LogP contribution in [-0.4, -0.2) is 53.2 Å². The van der Waals surface area contributed by atoms with E-state index in [2.05, 4.69) is 16.4 Å². The molecule has 2 aromatic rings. The fourth-order valence-corrected chi connectivity index (χ4v) is 3.85. The molecule has 28 heavy (non-hydrogen) atoms. The predicted octanol–water partition coefficient (Wildman–Crippen LogP) is 1.64. The number of carbonyl (C=O) groups excluding carboxylic acids is 1. The molecule has 1 unspecified atom stereocenters. The molecule has 3 aliphatic rings. The van der Waals surface area contributed by atoms with E-state index in [1.54, 1.807) is 0 Å². The number of nitrogens with zero attached hydrogens (tertiary/aromatic N) is 3. The predicted molar refractivity (Wildman–Crippen MR) is 104 cm³/mol. The highest BCUT2D eigenvalue weighted by Crippen LogP contribution is 2.32. The van der Waals surface area contributed by atoms with Crippen molar-refractivity contribution in [2.75, 3.05) is 32.0 Å². The fraction of sp³-hybridized carbons (Fsp3) is 0.300. The number of fused-ring (bicyclic) bond motifs is 2. The van der Waals surface area contributed by atoms with Crippen LogP contribution < -0.4 is 11.1 Å². The molecule has 1 saturated heterocycles. The first kappa shape index (κ1) is 16.9. The topological polar surface area (TPSA) is 96.9 Å². The molecule has 1 aromatic carbocycles. The molecule has 8 nitrogen and oxygen atoms in total. The van der Waals surface area contributed by atoms with Crippen LogP contribution in [0.3, 0.4) is 0 Å². The van der Waals surface area contributed by atoms with E-state index in [9.17, 15) is 4.79 Å². The van der Waals surface area contributed by atoms with Gasteiger partial charge in [0, 0.05) is 25.0 Å². The number of benzene rings is 1. The van der Waals surface area contributed by atoms with E-state index in [-0.39, 0.29) is 18.1 Å². The van der Waals surface area contributed by atoms with Crippen molar-refractivity contribution in [2.45, 2.75) is 13.1 Å². The quantitative estimate of drug-likeness (QED) is 0.819. The smallest absolute Gasteiger partial charge is 0.292 e.